The van der Waals surface area contributed by atoms with E-state index in [9.17, 15) is 4.79 Å². The molecule has 0 atom stereocenters. The summed E-state index contributed by atoms with van der Waals surface area (Å²) in [6.45, 7) is 3.04. The van der Waals surface area contributed by atoms with Crippen molar-refractivity contribution < 1.29 is 9.32 Å². The van der Waals surface area contributed by atoms with Crippen molar-refractivity contribution in [3.05, 3.63) is 59.3 Å². The van der Waals surface area contributed by atoms with Crippen LogP contribution in [0.1, 0.15) is 36.1 Å². The van der Waals surface area contributed by atoms with E-state index >= 15 is 0 Å². The van der Waals surface area contributed by atoms with Crippen molar-refractivity contribution in [1.82, 2.24) is 10.1 Å². The Morgan fingerprint density at radius 1 is 1.17 bits per heavy atom. The summed E-state index contributed by atoms with van der Waals surface area (Å²) in [5.74, 6) is 0.411. The zero-order chi connectivity index (χ0) is 20.7. The summed E-state index contributed by atoms with van der Waals surface area (Å²) in [6, 6.07) is 14.3. The van der Waals surface area contributed by atoms with Gasteiger partial charge < -0.3 is 9.84 Å². The van der Waals surface area contributed by atoms with E-state index in [0.29, 0.717) is 30.0 Å². The van der Waals surface area contributed by atoms with Gasteiger partial charge in [0.25, 0.3) is 0 Å². The summed E-state index contributed by atoms with van der Waals surface area (Å²) in [7, 11) is 0. The molecular weight excluding hydrogens is 421 g/mol. The number of benzene rings is 2. The third-order valence-electron chi connectivity index (χ3n) is 6.17. The highest BCUT2D eigenvalue weighted by molar-refractivity contribution is 6.48. The van der Waals surface area contributed by atoms with Gasteiger partial charge in [-0.25, -0.2) is 0 Å². The van der Waals surface area contributed by atoms with Crippen LogP contribution in [-0.2, 0) is 22.1 Å². The molecule has 2 aromatic carbocycles. The summed E-state index contributed by atoms with van der Waals surface area (Å²) >= 11 is 13.6. The number of carbonyl (C=O) groups is 1. The van der Waals surface area contributed by atoms with Gasteiger partial charge in [-0.1, -0.05) is 58.7 Å². The van der Waals surface area contributed by atoms with Gasteiger partial charge in [-0.3, -0.25) is 9.69 Å². The van der Waals surface area contributed by atoms with Gasteiger partial charge in [-0.15, -0.1) is 0 Å². The third kappa shape index (κ3) is 3.94. The SMILES string of the molecule is O=C1Cc2cc3c(C(Cl)(Cl)CC4CCN(Cc5ccccc5)CC4)noc3cc2N1. The zero-order valence-electron chi connectivity index (χ0n) is 16.5. The molecule has 3 heterocycles. The second-order valence-electron chi connectivity index (χ2n) is 8.38. The summed E-state index contributed by atoms with van der Waals surface area (Å²) < 4.78 is 4.37. The largest absolute Gasteiger partial charge is 0.356 e. The molecule has 1 N–H and O–H groups in total. The summed E-state index contributed by atoms with van der Waals surface area (Å²) in [4.78, 5) is 14.2. The molecular formula is C23H23Cl2N3O2. The maximum atomic E-state index is 11.7. The van der Waals surface area contributed by atoms with Crippen LogP contribution < -0.4 is 5.32 Å². The molecule has 0 unspecified atom stereocenters. The van der Waals surface area contributed by atoms with Crippen molar-refractivity contribution in [1.29, 1.82) is 0 Å². The molecule has 5 rings (SSSR count). The Labute approximate surface area is 185 Å². The van der Waals surface area contributed by atoms with Crippen LogP contribution in [0, 0.1) is 5.92 Å². The van der Waals surface area contributed by atoms with Crippen molar-refractivity contribution in [2.45, 2.75) is 36.6 Å². The summed E-state index contributed by atoms with van der Waals surface area (Å²) in [6.07, 6.45) is 3.09. The van der Waals surface area contributed by atoms with E-state index in [4.69, 9.17) is 27.7 Å². The first kappa shape index (κ1) is 19.9. The molecule has 30 heavy (non-hydrogen) atoms. The van der Waals surface area contributed by atoms with E-state index in [1.807, 2.05) is 12.1 Å². The van der Waals surface area contributed by atoms with Crippen LogP contribution in [0.25, 0.3) is 11.0 Å². The highest BCUT2D eigenvalue weighted by Crippen LogP contribution is 2.45. The van der Waals surface area contributed by atoms with E-state index in [2.05, 4.69) is 39.6 Å². The Morgan fingerprint density at radius 3 is 2.70 bits per heavy atom. The lowest BCUT2D eigenvalue weighted by Crippen LogP contribution is -2.34. The molecule has 1 aromatic heterocycles. The lowest BCUT2D eigenvalue weighted by molar-refractivity contribution is -0.115. The number of aromatic nitrogens is 1. The number of nitrogens with one attached hydrogen (secondary N) is 1. The number of hydrogen-bond donors (Lipinski definition) is 1. The molecule has 5 nitrogen and oxygen atoms in total. The molecule has 0 aliphatic carbocycles. The smallest absolute Gasteiger partial charge is 0.228 e. The van der Waals surface area contributed by atoms with E-state index in [-0.39, 0.29) is 5.91 Å². The molecule has 0 spiro atoms. The number of piperidine rings is 1. The van der Waals surface area contributed by atoms with Gasteiger partial charge in [-0.05, 0) is 55.5 Å². The van der Waals surface area contributed by atoms with Crippen LogP contribution in [0.2, 0.25) is 0 Å². The molecule has 0 radical (unpaired) electrons. The van der Waals surface area contributed by atoms with Gasteiger partial charge in [0.05, 0.1) is 6.42 Å². The van der Waals surface area contributed by atoms with Crippen LogP contribution in [0.5, 0.6) is 0 Å². The first-order chi connectivity index (χ1) is 14.5. The number of nitrogens with zero attached hydrogens (tertiary/aromatic N) is 2. The number of amides is 1. The molecule has 0 bridgehead atoms. The molecule has 156 valence electrons. The number of hydrogen-bond acceptors (Lipinski definition) is 4. The quantitative estimate of drug-likeness (QED) is 0.546. The van der Waals surface area contributed by atoms with Crippen LogP contribution in [0.15, 0.2) is 47.0 Å². The lowest BCUT2D eigenvalue weighted by atomic mass is 9.90. The fourth-order valence-corrected chi connectivity index (χ4v) is 5.28. The van der Waals surface area contributed by atoms with E-state index in [1.165, 1.54) is 5.56 Å². The minimum absolute atomic E-state index is 0.0163. The Balaban J connectivity index is 1.26. The van der Waals surface area contributed by atoms with E-state index in [1.54, 1.807) is 6.07 Å². The van der Waals surface area contributed by atoms with Gasteiger partial charge >= 0.3 is 0 Å². The van der Waals surface area contributed by atoms with Gasteiger partial charge in [0.1, 0.15) is 5.69 Å². The van der Waals surface area contributed by atoms with E-state index in [0.717, 1.165) is 49.1 Å². The Bertz CT molecular complexity index is 1070. The zero-order valence-corrected chi connectivity index (χ0v) is 18.0. The minimum Gasteiger partial charge on any atom is -0.356 e. The molecule has 3 aromatic rings. The topological polar surface area (TPSA) is 58.4 Å². The molecule has 2 aliphatic rings. The molecule has 1 fully saturated rings. The molecule has 1 saturated heterocycles. The normalized spacial score (nSPS) is 18.0. The minimum atomic E-state index is -1.12. The molecule has 1 amide bonds. The van der Waals surface area contributed by atoms with Crippen molar-refractivity contribution in [2.24, 2.45) is 5.92 Å². The standard InChI is InChI=1S/C23H23Cl2N3O2/c24-23(25,13-15-6-8-28(9-7-15)14-16-4-2-1-3-5-16)22-18-10-17-11-21(29)26-19(17)12-20(18)30-27-22/h1-5,10,12,15H,6-9,11,13-14H2,(H,26,29). The average Bonchev–Trinajstić information content (AvgIpc) is 3.30. The molecule has 0 saturated carbocycles. The summed E-state index contributed by atoms with van der Waals surface area (Å²) in [5.41, 5.74) is 4.18. The van der Waals surface area contributed by atoms with Crippen LogP contribution in [0.4, 0.5) is 5.69 Å². The average molecular weight is 444 g/mol. The predicted molar refractivity (Wildman–Crippen MR) is 119 cm³/mol. The monoisotopic (exact) mass is 443 g/mol. The number of alkyl halides is 2. The second-order valence-corrected chi connectivity index (χ2v) is 9.86. The number of halogens is 2. The van der Waals surface area contributed by atoms with Gasteiger partial charge in [0.15, 0.2) is 9.92 Å². The Morgan fingerprint density at radius 2 is 1.93 bits per heavy atom. The fraction of sp³-hybridized carbons (Fsp3) is 0.391. The molecule has 7 heteroatoms. The second kappa shape index (κ2) is 7.88. The summed E-state index contributed by atoms with van der Waals surface area (Å²) in [5, 5.41) is 7.82. The fourth-order valence-electron chi connectivity index (χ4n) is 4.57. The van der Waals surface area contributed by atoms with Crippen molar-refractivity contribution in [2.75, 3.05) is 18.4 Å². The highest BCUT2D eigenvalue weighted by Gasteiger charge is 2.37. The first-order valence-electron chi connectivity index (χ1n) is 10.3. The number of anilines is 1. The predicted octanol–water partition coefficient (Wildman–Crippen LogP) is 5.26. The lowest BCUT2D eigenvalue weighted by Gasteiger charge is -2.34. The van der Waals surface area contributed by atoms with Crippen LogP contribution in [-0.4, -0.2) is 29.1 Å². The maximum absolute atomic E-state index is 11.7. The van der Waals surface area contributed by atoms with Crippen molar-refractivity contribution in [3.8, 4) is 0 Å². The number of carbonyl (C=O) groups excluding carboxylic acids is 1. The Kier molecular flexibility index (Phi) is 5.21. The van der Waals surface area contributed by atoms with Gasteiger partial charge in [0, 0.05) is 23.7 Å². The highest BCUT2D eigenvalue weighted by atomic mass is 35.5. The van der Waals surface area contributed by atoms with Crippen molar-refractivity contribution in [3.63, 3.8) is 0 Å². The maximum Gasteiger partial charge on any atom is 0.228 e. The van der Waals surface area contributed by atoms with Crippen molar-refractivity contribution >= 4 is 45.8 Å². The van der Waals surface area contributed by atoms with Gasteiger partial charge in [0.2, 0.25) is 5.91 Å². The van der Waals surface area contributed by atoms with Gasteiger partial charge in [-0.2, -0.15) is 0 Å². The van der Waals surface area contributed by atoms with E-state index < -0.39 is 4.33 Å². The Hall–Kier alpha value is -2.08. The van der Waals surface area contributed by atoms with Crippen LogP contribution in [0.3, 0.4) is 0 Å². The number of fused-ring (bicyclic) bond motifs is 2. The number of likely N-dealkylation sites (tertiary alicyclic amines) is 1. The third-order valence-corrected chi connectivity index (χ3v) is 6.84. The number of rotatable bonds is 5. The first-order valence-corrected chi connectivity index (χ1v) is 11.1. The van der Waals surface area contributed by atoms with Crippen LogP contribution >= 0.6 is 23.2 Å². The molecule has 2 aliphatic heterocycles.